The van der Waals surface area contributed by atoms with Crippen molar-refractivity contribution in [2.45, 2.75) is 38.8 Å². The maximum Gasteiger partial charge on any atom is 0.335 e. The van der Waals surface area contributed by atoms with Crippen LogP contribution in [-0.2, 0) is 16.0 Å². The number of thioether (sulfide) groups is 1. The van der Waals surface area contributed by atoms with Gasteiger partial charge in [-0.2, -0.15) is 0 Å². The minimum absolute atomic E-state index is 0.0255. The first-order chi connectivity index (χ1) is 11.2. The lowest BCUT2D eigenvalue weighted by molar-refractivity contribution is -0.138. The van der Waals surface area contributed by atoms with E-state index in [4.69, 9.17) is 0 Å². The molecular formula is C17H22N2O4S. The summed E-state index contributed by atoms with van der Waals surface area (Å²) in [5.41, 5.74) is 0.213. The summed E-state index contributed by atoms with van der Waals surface area (Å²) in [7, 11) is 0. The first kappa shape index (κ1) is 18.3. The predicted molar refractivity (Wildman–Crippen MR) is 93.0 cm³/mol. The number of carbonyl (C=O) groups is 3. The Morgan fingerprint density at radius 3 is 2.58 bits per heavy atom. The van der Waals surface area contributed by atoms with Crippen molar-refractivity contribution in [2.75, 3.05) is 11.6 Å². The molecule has 1 aliphatic rings. The van der Waals surface area contributed by atoms with E-state index in [9.17, 15) is 19.5 Å². The molecule has 6 nitrogen and oxygen atoms in total. The number of amides is 2. The highest BCUT2D eigenvalue weighted by Crippen LogP contribution is 2.23. The van der Waals surface area contributed by atoms with E-state index in [1.807, 2.05) is 20.8 Å². The number of nitrogens with zero attached hydrogens (tertiary/aromatic N) is 1. The molecule has 1 unspecified atom stereocenters. The first-order valence-electron chi connectivity index (χ1n) is 7.69. The van der Waals surface area contributed by atoms with Crippen LogP contribution in [0.3, 0.4) is 0 Å². The van der Waals surface area contributed by atoms with Crippen LogP contribution in [0.4, 0.5) is 0 Å². The third kappa shape index (κ3) is 4.50. The van der Waals surface area contributed by atoms with E-state index in [1.165, 1.54) is 22.7 Å². The van der Waals surface area contributed by atoms with Crippen LogP contribution >= 0.6 is 11.8 Å². The minimum atomic E-state index is -1.06. The van der Waals surface area contributed by atoms with Crippen molar-refractivity contribution in [3.63, 3.8) is 0 Å². The second kappa shape index (κ2) is 7.25. The van der Waals surface area contributed by atoms with Crippen LogP contribution in [0.5, 0.6) is 0 Å². The molecule has 0 saturated carbocycles. The van der Waals surface area contributed by atoms with Crippen LogP contribution in [0.15, 0.2) is 24.3 Å². The summed E-state index contributed by atoms with van der Waals surface area (Å²) in [4.78, 5) is 37.8. The van der Waals surface area contributed by atoms with Crippen molar-refractivity contribution >= 4 is 29.5 Å². The fourth-order valence-electron chi connectivity index (χ4n) is 2.51. The third-order valence-corrected chi connectivity index (χ3v) is 4.61. The molecule has 1 saturated heterocycles. The van der Waals surface area contributed by atoms with Crippen molar-refractivity contribution in [1.29, 1.82) is 0 Å². The Hall–Kier alpha value is -2.02. The summed E-state index contributed by atoms with van der Waals surface area (Å²) in [6.45, 7) is 5.67. The van der Waals surface area contributed by atoms with Crippen LogP contribution in [0.2, 0.25) is 0 Å². The van der Waals surface area contributed by atoms with Crippen molar-refractivity contribution in [3.05, 3.63) is 35.4 Å². The molecule has 0 aliphatic carbocycles. The van der Waals surface area contributed by atoms with E-state index >= 15 is 0 Å². The van der Waals surface area contributed by atoms with Gasteiger partial charge >= 0.3 is 5.97 Å². The van der Waals surface area contributed by atoms with Crippen molar-refractivity contribution in [2.24, 2.45) is 0 Å². The number of benzene rings is 1. The summed E-state index contributed by atoms with van der Waals surface area (Å²) < 4.78 is 0. The zero-order chi connectivity index (χ0) is 17.9. The van der Waals surface area contributed by atoms with Gasteiger partial charge in [0.25, 0.3) is 0 Å². The predicted octanol–water partition coefficient (Wildman–Crippen LogP) is 1.74. The smallest absolute Gasteiger partial charge is 0.335 e. The van der Waals surface area contributed by atoms with Crippen LogP contribution in [0.25, 0.3) is 0 Å². The average Bonchev–Trinajstić information content (AvgIpc) is 2.95. The highest BCUT2D eigenvalue weighted by molar-refractivity contribution is 7.99. The van der Waals surface area contributed by atoms with Gasteiger partial charge in [-0.3, -0.25) is 9.59 Å². The van der Waals surface area contributed by atoms with E-state index in [0.717, 1.165) is 0 Å². The lowest BCUT2D eigenvalue weighted by Gasteiger charge is -2.27. The van der Waals surface area contributed by atoms with Crippen LogP contribution in [0.1, 0.15) is 36.7 Å². The number of hydrogen-bond donors (Lipinski definition) is 2. The fourth-order valence-corrected chi connectivity index (χ4v) is 3.69. The zero-order valence-corrected chi connectivity index (χ0v) is 14.9. The number of carboxylic acids is 1. The van der Waals surface area contributed by atoms with Gasteiger partial charge in [-0.25, -0.2) is 4.79 Å². The SMILES string of the molecule is CC(C)(C)NC(=O)C1CSCN1C(=O)Cc1ccccc1C(=O)O. The summed E-state index contributed by atoms with van der Waals surface area (Å²) >= 11 is 1.52. The first-order valence-corrected chi connectivity index (χ1v) is 8.85. The molecule has 0 radical (unpaired) electrons. The number of nitrogens with one attached hydrogen (secondary N) is 1. The molecule has 24 heavy (non-hydrogen) atoms. The van der Waals surface area contributed by atoms with E-state index in [0.29, 0.717) is 17.2 Å². The maximum atomic E-state index is 12.6. The molecule has 130 valence electrons. The Balaban J connectivity index is 2.12. The molecule has 1 fully saturated rings. The number of carbonyl (C=O) groups excluding carboxylic acids is 2. The van der Waals surface area contributed by atoms with E-state index in [1.54, 1.807) is 18.2 Å². The van der Waals surface area contributed by atoms with Crippen LogP contribution < -0.4 is 5.32 Å². The molecular weight excluding hydrogens is 328 g/mol. The normalized spacial score (nSPS) is 17.6. The van der Waals surface area contributed by atoms with Gasteiger partial charge in [-0.1, -0.05) is 18.2 Å². The number of rotatable bonds is 4. The summed E-state index contributed by atoms with van der Waals surface area (Å²) in [5, 5.41) is 12.1. The lowest BCUT2D eigenvalue weighted by atomic mass is 10.0. The fraction of sp³-hybridized carbons (Fsp3) is 0.471. The van der Waals surface area contributed by atoms with Gasteiger partial charge in [0, 0.05) is 11.3 Å². The summed E-state index contributed by atoms with van der Waals surface area (Å²) in [6, 6.07) is 5.93. The number of carboxylic acid groups (broad SMARTS) is 1. The molecule has 0 aromatic heterocycles. The highest BCUT2D eigenvalue weighted by atomic mass is 32.2. The highest BCUT2D eigenvalue weighted by Gasteiger charge is 2.36. The molecule has 1 aromatic carbocycles. The Kier molecular flexibility index (Phi) is 5.54. The Labute approximate surface area is 145 Å². The molecule has 1 heterocycles. The van der Waals surface area contributed by atoms with Gasteiger partial charge in [0.05, 0.1) is 17.9 Å². The molecule has 2 amide bonds. The minimum Gasteiger partial charge on any atom is -0.478 e. The molecule has 1 aliphatic heterocycles. The molecule has 1 atom stereocenters. The molecule has 1 aromatic rings. The van der Waals surface area contributed by atoms with E-state index < -0.39 is 12.0 Å². The van der Waals surface area contributed by atoms with Gasteiger partial charge in [0.2, 0.25) is 11.8 Å². The van der Waals surface area contributed by atoms with Crippen molar-refractivity contribution < 1.29 is 19.5 Å². The third-order valence-electron chi connectivity index (χ3n) is 3.59. The quantitative estimate of drug-likeness (QED) is 0.864. The van der Waals surface area contributed by atoms with Gasteiger partial charge in [0.15, 0.2) is 0 Å². The van der Waals surface area contributed by atoms with Crippen molar-refractivity contribution in [1.82, 2.24) is 10.2 Å². The monoisotopic (exact) mass is 350 g/mol. The lowest BCUT2D eigenvalue weighted by Crippen LogP contribution is -2.52. The van der Waals surface area contributed by atoms with E-state index in [-0.39, 0.29) is 29.3 Å². The van der Waals surface area contributed by atoms with Gasteiger partial charge < -0.3 is 15.3 Å². The second-order valence-corrected chi connectivity index (χ2v) is 7.76. The Bertz CT molecular complexity index is 654. The van der Waals surface area contributed by atoms with Crippen molar-refractivity contribution in [3.8, 4) is 0 Å². The molecule has 2 rings (SSSR count). The molecule has 0 spiro atoms. The van der Waals surface area contributed by atoms with Gasteiger partial charge in [-0.15, -0.1) is 11.8 Å². The summed E-state index contributed by atoms with van der Waals surface area (Å²) in [6.07, 6.45) is -0.0255. The zero-order valence-electron chi connectivity index (χ0n) is 14.0. The Morgan fingerprint density at radius 2 is 1.96 bits per heavy atom. The van der Waals surface area contributed by atoms with E-state index in [2.05, 4.69) is 5.32 Å². The molecule has 0 bridgehead atoms. The Morgan fingerprint density at radius 1 is 1.29 bits per heavy atom. The topological polar surface area (TPSA) is 86.7 Å². The number of aromatic carboxylic acids is 1. The average molecular weight is 350 g/mol. The number of hydrogen-bond acceptors (Lipinski definition) is 4. The maximum absolute atomic E-state index is 12.6. The molecule has 7 heteroatoms. The van der Waals surface area contributed by atoms with Gasteiger partial charge in [0.1, 0.15) is 6.04 Å². The second-order valence-electron chi connectivity index (χ2n) is 6.76. The summed E-state index contributed by atoms with van der Waals surface area (Å²) in [5.74, 6) is -0.476. The van der Waals surface area contributed by atoms with Crippen LogP contribution in [0, 0.1) is 0 Å². The van der Waals surface area contributed by atoms with Gasteiger partial charge in [-0.05, 0) is 32.4 Å². The van der Waals surface area contributed by atoms with Crippen LogP contribution in [-0.4, -0.2) is 51.0 Å². The standard InChI is InChI=1S/C17H22N2O4S/c1-17(2,3)18-15(21)13-9-24-10-19(13)14(20)8-11-6-4-5-7-12(11)16(22)23/h4-7,13H,8-10H2,1-3H3,(H,18,21)(H,22,23). The molecule has 2 N–H and O–H groups in total. The largest absolute Gasteiger partial charge is 0.478 e.